The van der Waals surface area contributed by atoms with Gasteiger partial charge in [0.05, 0.1) is 18.3 Å². The van der Waals surface area contributed by atoms with Crippen LogP contribution in [0.1, 0.15) is 26.7 Å². The van der Waals surface area contributed by atoms with E-state index in [2.05, 4.69) is 10.3 Å². The molecule has 1 amide bonds. The van der Waals surface area contributed by atoms with Crippen molar-refractivity contribution in [3.8, 4) is 0 Å². The summed E-state index contributed by atoms with van der Waals surface area (Å²) >= 11 is 0. The second kappa shape index (κ2) is 5.57. The third-order valence-electron chi connectivity index (χ3n) is 2.28. The molecular formula is C12H15FN2O3. The lowest BCUT2D eigenvalue weighted by Crippen LogP contribution is -2.24. The van der Waals surface area contributed by atoms with E-state index in [1.807, 2.05) is 0 Å². The largest absolute Gasteiger partial charge is 0.481 e. The lowest BCUT2D eigenvalue weighted by atomic mass is 9.85. The van der Waals surface area contributed by atoms with Crippen molar-refractivity contribution < 1.29 is 19.1 Å². The highest BCUT2D eigenvalue weighted by molar-refractivity contribution is 5.91. The fourth-order valence-corrected chi connectivity index (χ4v) is 1.56. The molecule has 2 N–H and O–H groups in total. The van der Waals surface area contributed by atoms with Crippen LogP contribution >= 0.6 is 0 Å². The van der Waals surface area contributed by atoms with Gasteiger partial charge in [-0.15, -0.1) is 0 Å². The third kappa shape index (κ3) is 4.90. The number of pyridine rings is 1. The minimum Gasteiger partial charge on any atom is -0.481 e. The highest BCUT2D eigenvalue weighted by atomic mass is 19.1. The molecule has 0 atom stereocenters. The Kier molecular flexibility index (Phi) is 4.36. The molecule has 0 fully saturated rings. The van der Waals surface area contributed by atoms with E-state index in [1.165, 1.54) is 12.3 Å². The van der Waals surface area contributed by atoms with Gasteiger partial charge in [-0.1, -0.05) is 13.8 Å². The van der Waals surface area contributed by atoms with Crippen LogP contribution in [0.15, 0.2) is 18.3 Å². The zero-order valence-corrected chi connectivity index (χ0v) is 10.2. The number of nitrogens with zero attached hydrogens (tertiary/aromatic N) is 1. The van der Waals surface area contributed by atoms with Gasteiger partial charge < -0.3 is 10.4 Å². The summed E-state index contributed by atoms with van der Waals surface area (Å²) in [6.07, 6.45) is 1.18. The van der Waals surface area contributed by atoms with E-state index < -0.39 is 17.3 Å². The number of carboxylic acid groups (broad SMARTS) is 1. The number of carboxylic acids is 1. The number of amides is 1. The highest BCUT2D eigenvalue weighted by Crippen LogP contribution is 2.25. The Morgan fingerprint density at radius 3 is 2.56 bits per heavy atom. The van der Waals surface area contributed by atoms with E-state index in [0.29, 0.717) is 5.69 Å². The smallest absolute Gasteiger partial charge is 0.303 e. The van der Waals surface area contributed by atoms with Crippen molar-refractivity contribution in [2.45, 2.75) is 26.7 Å². The highest BCUT2D eigenvalue weighted by Gasteiger charge is 2.25. The molecule has 18 heavy (non-hydrogen) atoms. The second-order valence-corrected chi connectivity index (χ2v) is 4.83. The monoisotopic (exact) mass is 254 g/mol. The van der Waals surface area contributed by atoms with Crippen LogP contribution in [0, 0.1) is 11.4 Å². The molecule has 6 heteroatoms. The Hall–Kier alpha value is -1.98. The normalized spacial score (nSPS) is 11.1. The molecular weight excluding hydrogens is 239 g/mol. The molecule has 1 aromatic heterocycles. The maximum atomic E-state index is 12.5. The summed E-state index contributed by atoms with van der Waals surface area (Å²) in [6, 6.07) is 2.53. The van der Waals surface area contributed by atoms with Crippen LogP contribution in [0.4, 0.5) is 10.1 Å². The van der Waals surface area contributed by atoms with Crippen molar-refractivity contribution in [1.82, 2.24) is 4.98 Å². The minimum absolute atomic E-state index is 0.0661. The minimum atomic E-state index is -0.948. The molecule has 0 saturated heterocycles. The topological polar surface area (TPSA) is 79.3 Å². The first-order valence-electron chi connectivity index (χ1n) is 5.42. The fraction of sp³-hybridized carbons (Fsp3) is 0.417. The van der Waals surface area contributed by atoms with Crippen molar-refractivity contribution >= 4 is 17.6 Å². The van der Waals surface area contributed by atoms with Crippen molar-refractivity contribution in [3.05, 3.63) is 24.3 Å². The Morgan fingerprint density at radius 1 is 1.39 bits per heavy atom. The molecule has 0 saturated carbocycles. The molecule has 0 bridgehead atoms. The van der Waals surface area contributed by atoms with E-state index >= 15 is 0 Å². The Labute approximate surface area is 104 Å². The molecule has 0 unspecified atom stereocenters. The van der Waals surface area contributed by atoms with Crippen LogP contribution in [-0.2, 0) is 9.59 Å². The van der Waals surface area contributed by atoms with E-state index in [-0.39, 0.29) is 18.7 Å². The van der Waals surface area contributed by atoms with E-state index in [9.17, 15) is 14.0 Å². The second-order valence-electron chi connectivity index (χ2n) is 4.83. The third-order valence-corrected chi connectivity index (χ3v) is 2.28. The summed E-state index contributed by atoms with van der Waals surface area (Å²) in [5.74, 6) is -1.90. The Balaban J connectivity index is 2.56. The van der Waals surface area contributed by atoms with Crippen LogP contribution < -0.4 is 5.32 Å². The van der Waals surface area contributed by atoms with Crippen LogP contribution in [0.5, 0.6) is 0 Å². The number of carbonyl (C=O) groups is 2. The molecule has 0 aliphatic carbocycles. The summed E-state index contributed by atoms with van der Waals surface area (Å²) in [4.78, 5) is 25.7. The van der Waals surface area contributed by atoms with Crippen molar-refractivity contribution in [1.29, 1.82) is 0 Å². The van der Waals surface area contributed by atoms with Gasteiger partial charge in [-0.05, 0) is 17.5 Å². The number of halogens is 1. The molecule has 1 rings (SSSR count). The Bertz CT molecular complexity index is 443. The number of aliphatic carboxylic acids is 1. The van der Waals surface area contributed by atoms with Gasteiger partial charge in [0.15, 0.2) is 0 Å². The average molecular weight is 254 g/mol. The summed E-state index contributed by atoms with van der Waals surface area (Å²) in [7, 11) is 0. The zero-order chi connectivity index (χ0) is 13.8. The molecule has 1 heterocycles. The van der Waals surface area contributed by atoms with Crippen molar-refractivity contribution in [3.63, 3.8) is 0 Å². The first-order valence-corrected chi connectivity index (χ1v) is 5.42. The first-order chi connectivity index (χ1) is 8.28. The standard InChI is InChI=1S/C12H15FN2O3/c1-12(2,6-11(17)18)5-10(16)15-8-3-4-9(13)14-7-8/h3-4,7H,5-6H2,1-2H3,(H,15,16)(H,17,18). The number of anilines is 1. The van der Waals surface area contributed by atoms with Gasteiger partial charge in [-0.3, -0.25) is 9.59 Å². The molecule has 0 spiro atoms. The maximum absolute atomic E-state index is 12.5. The first kappa shape index (κ1) is 14.1. The number of nitrogens with one attached hydrogen (secondary N) is 1. The average Bonchev–Trinajstić information content (AvgIpc) is 2.18. The maximum Gasteiger partial charge on any atom is 0.303 e. The van der Waals surface area contributed by atoms with E-state index in [0.717, 1.165) is 6.07 Å². The summed E-state index contributed by atoms with van der Waals surface area (Å²) in [5.41, 5.74) is -0.254. The summed E-state index contributed by atoms with van der Waals surface area (Å²) < 4.78 is 12.5. The molecule has 0 radical (unpaired) electrons. The number of rotatable bonds is 5. The lowest BCUT2D eigenvalue weighted by Gasteiger charge is -2.21. The van der Waals surface area contributed by atoms with Gasteiger partial charge in [0.25, 0.3) is 0 Å². The van der Waals surface area contributed by atoms with Crippen molar-refractivity contribution in [2.24, 2.45) is 5.41 Å². The molecule has 1 aromatic rings. The van der Waals surface area contributed by atoms with Crippen LogP contribution in [0.2, 0.25) is 0 Å². The number of hydrogen-bond acceptors (Lipinski definition) is 3. The fourth-order valence-electron chi connectivity index (χ4n) is 1.56. The predicted octanol–water partition coefficient (Wildman–Crippen LogP) is 2.05. The molecule has 0 aromatic carbocycles. The number of aromatic nitrogens is 1. The molecule has 0 aliphatic heterocycles. The van der Waals surface area contributed by atoms with Gasteiger partial charge in [-0.25, -0.2) is 4.98 Å². The van der Waals surface area contributed by atoms with Crippen LogP contribution in [0.25, 0.3) is 0 Å². The Morgan fingerprint density at radius 2 is 2.06 bits per heavy atom. The van der Waals surface area contributed by atoms with Gasteiger partial charge in [0.2, 0.25) is 11.9 Å². The number of hydrogen-bond donors (Lipinski definition) is 2. The zero-order valence-electron chi connectivity index (χ0n) is 10.2. The van der Waals surface area contributed by atoms with Gasteiger partial charge in [0, 0.05) is 6.42 Å². The van der Waals surface area contributed by atoms with Crippen LogP contribution in [-0.4, -0.2) is 22.0 Å². The summed E-state index contributed by atoms with van der Waals surface area (Å²) in [6.45, 7) is 3.40. The predicted molar refractivity (Wildman–Crippen MR) is 63.5 cm³/mol. The SMILES string of the molecule is CC(C)(CC(=O)O)CC(=O)Nc1ccc(F)nc1. The van der Waals surface area contributed by atoms with Gasteiger partial charge in [-0.2, -0.15) is 4.39 Å². The van der Waals surface area contributed by atoms with E-state index in [4.69, 9.17) is 5.11 Å². The number of carbonyl (C=O) groups excluding carboxylic acids is 1. The summed E-state index contributed by atoms with van der Waals surface area (Å²) in [5, 5.41) is 11.2. The molecule has 98 valence electrons. The molecule has 0 aliphatic rings. The van der Waals surface area contributed by atoms with Crippen LogP contribution in [0.3, 0.4) is 0 Å². The molecule has 5 nitrogen and oxygen atoms in total. The van der Waals surface area contributed by atoms with Gasteiger partial charge >= 0.3 is 5.97 Å². The van der Waals surface area contributed by atoms with Gasteiger partial charge in [0.1, 0.15) is 0 Å². The lowest BCUT2D eigenvalue weighted by molar-refractivity contribution is -0.139. The quantitative estimate of drug-likeness (QED) is 0.788. The van der Waals surface area contributed by atoms with E-state index in [1.54, 1.807) is 13.8 Å². The van der Waals surface area contributed by atoms with Crippen molar-refractivity contribution in [2.75, 3.05) is 5.32 Å².